The van der Waals surface area contributed by atoms with E-state index in [0.29, 0.717) is 5.03 Å². The Morgan fingerprint density at radius 3 is 2.18 bits per heavy atom. The first kappa shape index (κ1) is 26.7. The zero-order chi connectivity index (χ0) is 24.8. The number of nitrogens with zero attached hydrogens (tertiary/aromatic N) is 1. The second kappa shape index (κ2) is 11.0. The topological polar surface area (TPSA) is 65.5 Å². The molecule has 1 aromatic carbocycles. The average molecular weight is 484 g/mol. The zero-order valence-electron chi connectivity index (χ0n) is 19.2. The third kappa shape index (κ3) is 8.72. The van der Waals surface area contributed by atoms with Gasteiger partial charge in [-0.1, -0.05) is 49.0 Å². The fraction of sp³-hybridized carbons (Fsp3) is 0.458. The number of thioether (sulfide) groups is 1. The van der Waals surface area contributed by atoms with Crippen molar-refractivity contribution in [1.82, 2.24) is 4.98 Å². The minimum absolute atomic E-state index is 0.119. The van der Waals surface area contributed by atoms with E-state index in [1.807, 2.05) is 30.3 Å². The van der Waals surface area contributed by atoms with Crippen LogP contribution in [0, 0.1) is 5.92 Å². The number of carbonyl (C=O) groups excluding carboxylic acids is 2. The summed E-state index contributed by atoms with van der Waals surface area (Å²) < 4.78 is 49.4. The molecule has 5 nitrogen and oxygen atoms in total. The molecule has 0 spiro atoms. The average Bonchev–Trinajstić information content (AvgIpc) is 2.70. The number of hydrogen-bond acceptors (Lipinski definition) is 6. The van der Waals surface area contributed by atoms with Crippen molar-refractivity contribution in [2.24, 2.45) is 5.92 Å². The van der Waals surface area contributed by atoms with Gasteiger partial charge in [0.2, 0.25) is 0 Å². The lowest BCUT2D eigenvalue weighted by Gasteiger charge is -2.25. The van der Waals surface area contributed by atoms with Crippen LogP contribution in [0.2, 0.25) is 0 Å². The van der Waals surface area contributed by atoms with E-state index in [2.05, 4.69) is 4.98 Å². The SMILES string of the molecule is C[C@H](CC(=O)OC(C)(C)C)C(=O)O[C@@H](C)[C@H](Sc1ccc(C(F)(F)F)cn1)c1ccccc1. The van der Waals surface area contributed by atoms with Crippen molar-refractivity contribution in [3.8, 4) is 0 Å². The maximum absolute atomic E-state index is 12.8. The molecule has 0 radical (unpaired) electrons. The predicted octanol–water partition coefficient (Wildman–Crippen LogP) is 6.23. The van der Waals surface area contributed by atoms with Crippen LogP contribution in [0.15, 0.2) is 53.7 Å². The highest BCUT2D eigenvalue weighted by molar-refractivity contribution is 7.99. The van der Waals surface area contributed by atoms with Crippen LogP contribution >= 0.6 is 11.8 Å². The van der Waals surface area contributed by atoms with Crippen molar-refractivity contribution in [3.63, 3.8) is 0 Å². The summed E-state index contributed by atoms with van der Waals surface area (Å²) in [5, 5.41) is -0.0605. The Morgan fingerprint density at radius 1 is 1.03 bits per heavy atom. The first-order chi connectivity index (χ1) is 15.3. The van der Waals surface area contributed by atoms with E-state index < -0.39 is 46.6 Å². The van der Waals surface area contributed by atoms with Gasteiger partial charge >= 0.3 is 18.1 Å². The molecule has 0 fully saturated rings. The van der Waals surface area contributed by atoms with Gasteiger partial charge in [0.25, 0.3) is 0 Å². The molecule has 2 rings (SSSR count). The largest absolute Gasteiger partial charge is 0.461 e. The van der Waals surface area contributed by atoms with E-state index >= 15 is 0 Å². The molecule has 1 aromatic heterocycles. The molecule has 2 aromatic rings. The lowest BCUT2D eigenvalue weighted by atomic mass is 10.1. The molecule has 0 unspecified atom stereocenters. The fourth-order valence-electron chi connectivity index (χ4n) is 2.90. The number of alkyl halides is 3. The Labute approximate surface area is 196 Å². The molecule has 180 valence electrons. The van der Waals surface area contributed by atoms with Crippen molar-refractivity contribution >= 4 is 23.7 Å². The van der Waals surface area contributed by atoms with Gasteiger partial charge in [0.05, 0.1) is 28.2 Å². The number of pyridine rings is 1. The maximum Gasteiger partial charge on any atom is 0.417 e. The Hall–Kier alpha value is -2.55. The normalized spacial score (nSPS) is 14.8. The molecule has 0 N–H and O–H groups in total. The summed E-state index contributed by atoms with van der Waals surface area (Å²) in [4.78, 5) is 28.6. The summed E-state index contributed by atoms with van der Waals surface area (Å²) in [5.41, 5.74) is -0.666. The van der Waals surface area contributed by atoms with Crippen LogP contribution in [-0.2, 0) is 25.2 Å². The second-order valence-electron chi connectivity index (χ2n) is 8.67. The summed E-state index contributed by atoms with van der Waals surface area (Å²) in [7, 11) is 0. The number of benzene rings is 1. The number of hydrogen-bond donors (Lipinski definition) is 0. The van der Waals surface area contributed by atoms with Gasteiger partial charge in [-0.25, -0.2) is 4.98 Å². The summed E-state index contributed by atoms with van der Waals surface area (Å²) in [6, 6.07) is 11.4. The highest BCUT2D eigenvalue weighted by atomic mass is 32.2. The predicted molar refractivity (Wildman–Crippen MR) is 119 cm³/mol. The second-order valence-corrected chi connectivity index (χ2v) is 9.83. The molecule has 0 saturated carbocycles. The fourth-order valence-corrected chi connectivity index (χ4v) is 3.96. The summed E-state index contributed by atoms with van der Waals surface area (Å²) >= 11 is 1.20. The molecule has 0 aliphatic heterocycles. The smallest absolute Gasteiger partial charge is 0.417 e. The van der Waals surface area contributed by atoms with Gasteiger partial charge in [0.1, 0.15) is 11.7 Å². The van der Waals surface area contributed by atoms with Crippen LogP contribution in [0.5, 0.6) is 0 Å². The molecule has 1 heterocycles. The summed E-state index contributed by atoms with van der Waals surface area (Å²) in [6.07, 6.45) is -4.45. The van der Waals surface area contributed by atoms with Crippen molar-refractivity contribution in [3.05, 3.63) is 59.8 Å². The van der Waals surface area contributed by atoms with Gasteiger partial charge in [-0.15, -0.1) is 0 Å². The van der Waals surface area contributed by atoms with E-state index in [4.69, 9.17) is 9.47 Å². The van der Waals surface area contributed by atoms with Crippen LogP contribution < -0.4 is 0 Å². The Balaban J connectivity index is 2.12. The monoisotopic (exact) mass is 483 g/mol. The number of carbonyl (C=O) groups is 2. The molecule has 33 heavy (non-hydrogen) atoms. The number of esters is 2. The van der Waals surface area contributed by atoms with Crippen molar-refractivity contribution in [1.29, 1.82) is 0 Å². The summed E-state index contributed by atoms with van der Waals surface area (Å²) in [5.74, 6) is -1.77. The third-order valence-corrected chi connectivity index (χ3v) is 5.86. The van der Waals surface area contributed by atoms with Crippen LogP contribution in [-0.4, -0.2) is 28.6 Å². The quantitative estimate of drug-likeness (QED) is 0.327. The maximum atomic E-state index is 12.8. The van der Waals surface area contributed by atoms with Gasteiger partial charge in [0, 0.05) is 6.20 Å². The number of rotatable bonds is 8. The van der Waals surface area contributed by atoms with Crippen LogP contribution in [0.4, 0.5) is 13.2 Å². The lowest BCUT2D eigenvalue weighted by molar-refractivity contribution is -0.163. The van der Waals surface area contributed by atoms with E-state index in [1.165, 1.54) is 17.8 Å². The molecule has 0 saturated heterocycles. The van der Waals surface area contributed by atoms with E-state index in [0.717, 1.165) is 17.8 Å². The van der Waals surface area contributed by atoms with E-state index in [9.17, 15) is 22.8 Å². The highest BCUT2D eigenvalue weighted by Crippen LogP contribution is 2.39. The highest BCUT2D eigenvalue weighted by Gasteiger charge is 2.32. The van der Waals surface area contributed by atoms with Gasteiger partial charge in [0.15, 0.2) is 0 Å². The molecular weight excluding hydrogens is 455 g/mol. The Kier molecular flexibility index (Phi) is 8.94. The molecule has 3 atom stereocenters. The number of halogens is 3. The molecule has 0 aliphatic rings. The molecule has 0 amide bonds. The first-order valence-electron chi connectivity index (χ1n) is 10.4. The minimum atomic E-state index is -4.47. The van der Waals surface area contributed by atoms with Crippen molar-refractivity contribution in [2.75, 3.05) is 0 Å². The molecule has 9 heteroatoms. The first-order valence-corrected chi connectivity index (χ1v) is 11.3. The van der Waals surface area contributed by atoms with Gasteiger partial charge < -0.3 is 9.47 Å². The van der Waals surface area contributed by atoms with Gasteiger partial charge in [-0.05, 0) is 45.4 Å². The molecule has 0 bridgehead atoms. The zero-order valence-corrected chi connectivity index (χ0v) is 20.0. The summed E-state index contributed by atoms with van der Waals surface area (Å²) in [6.45, 7) is 8.51. The van der Waals surface area contributed by atoms with Gasteiger partial charge in [-0.3, -0.25) is 9.59 Å². The van der Waals surface area contributed by atoms with Crippen LogP contribution in [0.25, 0.3) is 0 Å². The standard InChI is InChI=1S/C24H28F3NO4S/c1-15(13-20(29)32-23(3,4)5)22(30)31-16(2)21(17-9-7-6-8-10-17)33-19-12-11-18(14-28-19)24(25,26)27/h6-12,14-16,21H,13H2,1-5H3/t15-,16+,21+/m1/s1. The van der Waals surface area contributed by atoms with Gasteiger partial charge in [-0.2, -0.15) is 13.2 Å². The van der Waals surface area contributed by atoms with Crippen molar-refractivity contribution in [2.45, 2.75) is 69.2 Å². The Morgan fingerprint density at radius 2 is 1.67 bits per heavy atom. The van der Waals surface area contributed by atoms with E-state index in [1.54, 1.807) is 34.6 Å². The van der Waals surface area contributed by atoms with Crippen LogP contribution in [0.3, 0.4) is 0 Å². The number of ether oxygens (including phenoxy) is 2. The lowest BCUT2D eigenvalue weighted by Crippen LogP contribution is -2.29. The van der Waals surface area contributed by atoms with Crippen molar-refractivity contribution < 1.29 is 32.2 Å². The van der Waals surface area contributed by atoms with E-state index in [-0.39, 0.29) is 6.42 Å². The Bertz CT molecular complexity index is 927. The molecule has 0 aliphatic carbocycles. The minimum Gasteiger partial charge on any atom is -0.461 e. The number of aromatic nitrogens is 1. The van der Waals surface area contributed by atoms with Crippen LogP contribution in [0.1, 0.15) is 57.4 Å². The third-order valence-electron chi connectivity index (χ3n) is 4.46. The molecular formula is C24H28F3NO4S.